The van der Waals surface area contributed by atoms with Gasteiger partial charge in [0.05, 0.1) is 12.2 Å². The summed E-state index contributed by atoms with van der Waals surface area (Å²) in [5.41, 5.74) is 0. The van der Waals surface area contributed by atoms with E-state index >= 15 is 0 Å². The monoisotopic (exact) mass is 246 g/mol. The Hall–Kier alpha value is -0.125. The molecule has 0 spiro atoms. The Morgan fingerprint density at radius 2 is 1.88 bits per heavy atom. The smallest absolute Gasteiger partial charge is 0.259 e. The highest BCUT2D eigenvalue weighted by Gasteiger charge is 2.54. The number of alkyl halides is 1. The van der Waals surface area contributed by atoms with Gasteiger partial charge in [0.25, 0.3) is 5.85 Å². The predicted octanol–water partition coefficient (Wildman–Crippen LogP) is 1.50. The van der Waals surface area contributed by atoms with Crippen molar-refractivity contribution < 1.29 is 18.6 Å². The summed E-state index contributed by atoms with van der Waals surface area (Å²) >= 11 is 0. The fourth-order valence-electron chi connectivity index (χ4n) is 2.04. The van der Waals surface area contributed by atoms with Gasteiger partial charge in [-0.2, -0.15) is 0 Å². The third-order valence-corrected chi connectivity index (χ3v) is 3.06. The lowest BCUT2D eigenvalue weighted by molar-refractivity contribution is -0.220. The highest BCUT2D eigenvalue weighted by Crippen LogP contribution is 2.38. The summed E-state index contributed by atoms with van der Waals surface area (Å²) in [5.74, 6) is -1.80. The van der Waals surface area contributed by atoms with E-state index in [1.54, 1.807) is 0 Å². The number of ether oxygens (including phenoxy) is 3. The van der Waals surface area contributed by atoms with Crippen LogP contribution < -0.4 is 0 Å². The zero-order valence-electron chi connectivity index (χ0n) is 11.7. The molecule has 0 saturated carbocycles. The Morgan fingerprint density at radius 3 is 2.35 bits per heavy atom. The van der Waals surface area contributed by atoms with Crippen molar-refractivity contribution in [3.63, 3.8) is 0 Å². The molecule has 0 aliphatic carbocycles. The maximum atomic E-state index is 14.7. The Bertz CT molecular complexity index is 250. The van der Waals surface area contributed by atoms with Gasteiger partial charge in [-0.3, -0.25) is 0 Å². The highest BCUT2D eigenvalue weighted by atomic mass is 19.2. The number of rotatable bonds is 5. The van der Waals surface area contributed by atoms with Crippen molar-refractivity contribution in [3.05, 3.63) is 0 Å². The van der Waals surface area contributed by atoms with Crippen molar-refractivity contribution in [1.29, 1.82) is 0 Å². The van der Waals surface area contributed by atoms with Crippen molar-refractivity contribution in [2.45, 2.75) is 64.8 Å². The molecule has 4 atom stereocenters. The molecule has 0 N–H and O–H groups in total. The van der Waals surface area contributed by atoms with E-state index in [4.69, 9.17) is 14.2 Å². The second-order valence-electron chi connectivity index (χ2n) is 5.43. The van der Waals surface area contributed by atoms with Crippen molar-refractivity contribution in [3.8, 4) is 0 Å². The minimum Gasteiger partial charge on any atom is -0.373 e. The molecular weight excluding hydrogens is 222 g/mol. The average molecular weight is 246 g/mol. The van der Waals surface area contributed by atoms with Gasteiger partial charge in [0, 0.05) is 11.9 Å². The first-order valence-electron chi connectivity index (χ1n) is 6.40. The van der Waals surface area contributed by atoms with E-state index in [-0.39, 0.29) is 30.7 Å². The summed E-state index contributed by atoms with van der Waals surface area (Å²) in [6, 6.07) is -0.153. The lowest BCUT2D eigenvalue weighted by Gasteiger charge is -2.29. The van der Waals surface area contributed by atoms with E-state index in [2.05, 4.69) is 0 Å². The summed E-state index contributed by atoms with van der Waals surface area (Å²) in [6.45, 7) is 9.44. The first-order valence-corrected chi connectivity index (χ1v) is 6.40. The summed E-state index contributed by atoms with van der Waals surface area (Å²) < 4.78 is 31.2. The van der Waals surface area contributed by atoms with Crippen LogP contribution in [0.5, 0.6) is 0 Å². The molecule has 0 bridgehead atoms. The highest BCUT2D eigenvalue weighted by molar-refractivity contribution is 6.11. The van der Waals surface area contributed by atoms with Gasteiger partial charge in [-0.25, -0.2) is 4.39 Å². The largest absolute Gasteiger partial charge is 0.373 e. The first-order chi connectivity index (χ1) is 7.76. The topological polar surface area (TPSA) is 27.7 Å². The molecule has 0 aromatic rings. The number of hydrogen-bond donors (Lipinski definition) is 0. The number of halogens is 1. The Balaban J connectivity index is 2.72. The van der Waals surface area contributed by atoms with E-state index in [1.165, 1.54) is 0 Å². The quantitative estimate of drug-likeness (QED) is 0.688. The Morgan fingerprint density at radius 1 is 1.29 bits per heavy atom. The molecule has 1 fully saturated rings. The lowest BCUT2D eigenvalue weighted by Crippen LogP contribution is -2.44. The van der Waals surface area contributed by atoms with Gasteiger partial charge < -0.3 is 14.2 Å². The summed E-state index contributed by atoms with van der Waals surface area (Å²) in [4.78, 5) is 0. The molecule has 1 saturated heterocycles. The van der Waals surface area contributed by atoms with Crippen LogP contribution in [0.1, 0.15) is 34.6 Å². The van der Waals surface area contributed by atoms with Crippen LogP contribution in [0.2, 0.25) is 0 Å². The molecule has 1 heterocycles. The van der Waals surface area contributed by atoms with Gasteiger partial charge in [-0.05, 0) is 27.7 Å². The van der Waals surface area contributed by atoms with Crippen LogP contribution >= 0.6 is 0 Å². The molecule has 0 amide bonds. The molecule has 100 valence electrons. The second kappa shape index (κ2) is 5.68. The number of hydrogen-bond acceptors (Lipinski definition) is 3. The van der Waals surface area contributed by atoms with Crippen LogP contribution in [-0.2, 0) is 14.2 Å². The maximum absolute atomic E-state index is 14.7. The van der Waals surface area contributed by atoms with Crippen molar-refractivity contribution in [1.82, 2.24) is 0 Å². The first kappa shape index (κ1) is 14.9. The molecule has 0 radical (unpaired) electrons. The molecule has 0 aromatic carbocycles. The van der Waals surface area contributed by atoms with Gasteiger partial charge in [0.2, 0.25) is 0 Å². The average Bonchev–Trinajstić information content (AvgIpc) is 2.40. The van der Waals surface area contributed by atoms with Crippen LogP contribution in [0.4, 0.5) is 4.39 Å². The minimum atomic E-state index is -1.83. The zero-order valence-corrected chi connectivity index (χ0v) is 11.7. The summed E-state index contributed by atoms with van der Waals surface area (Å²) in [5, 5.41) is 0. The molecule has 3 nitrogen and oxygen atoms in total. The third kappa shape index (κ3) is 3.67. The fraction of sp³-hybridized carbons (Fsp3) is 1.00. The third-order valence-electron chi connectivity index (χ3n) is 3.06. The molecule has 17 heavy (non-hydrogen) atoms. The summed E-state index contributed by atoms with van der Waals surface area (Å²) in [6.07, 6.45) is -0.598. The fourth-order valence-corrected chi connectivity index (χ4v) is 2.04. The van der Waals surface area contributed by atoms with Crippen LogP contribution in [0.25, 0.3) is 0 Å². The Kier molecular flexibility index (Phi) is 4.99. The van der Waals surface area contributed by atoms with Gasteiger partial charge >= 0.3 is 0 Å². The van der Waals surface area contributed by atoms with Crippen LogP contribution in [0.3, 0.4) is 0 Å². The molecule has 1 aliphatic heterocycles. The standard InChI is InChI=1S/C12H24BFO3/c1-7(2)15-6-12(14)10(16-8(3)4)9(5)11(13)17-12/h7-11H,6,13H2,1-5H3/t9-,10?,11+,12-/m0/s1. The van der Waals surface area contributed by atoms with Gasteiger partial charge in [-0.1, -0.05) is 6.92 Å². The van der Waals surface area contributed by atoms with Crippen LogP contribution in [0.15, 0.2) is 0 Å². The van der Waals surface area contributed by atoms with E-state index in [0.717, 1.165) is 0 Å². The molecule has 1 rings (SSSR count). The predicted molar refractivity (Wildman–Crippen MR) is 67.5 cm³/mol. The van der Waals surface area contributed by atoms with Gasteiger partial charge in [0.1, 0.15) is 20.6 Å². The molecule has 1 unspecified atom stereocenters. The van der Waals surface area contributed by atoms with E-state index in [9.17, 15) is 4.39 Å². The van der Waals surface area contributed by atoms with Crippen molar-refractivity contribution in [2.24, 2.45) is 5.92 Å². The minimum absolute atomic E-state index is 0.0165. The molecule has 1 aliphatic rings. The van der Waals surface area contributed by atoms with Crippen molar-refractivity contribution >= 4 is 7.85 Å². The van der Waals surface area contributed by atoms with Gasteiger partial charge in [-0.15, -0.1) is 0 Å². The summed E-state index contributed by atoms with van der Waals surface area (Å²) in [7, 11) is 1.87. The lowest BCUT2D eigenvalue weighted by atomic mass is 9.85. The van der Waals surface area contributed by atoms with Gasteiger partial charge in [0.15, 0.2) is 0 Å². The second-order valence-corrected chi connectivity index (χ2v) is 5.43. The molecular formula is C12H24BFO3. The van der Waals surface area contributed by atoms with Crippen LogP contribution in [-0.4, -0.2) is 44.6 Å². The van der Waals surface area contributed by atoms with Crippen molar-refractivity contribution in [2.75, 3.05) is 6.61 Å². The van der Waals surface area contributed by atoms with Crippen LogP contribution in [0, 0.1) is 5.92 Å². The normalized spacial score (nSPS) is 38.2. The zero-order chi connectivity index (χ0) is 13.2. The van der Waals surface area contributed by atoms with E-state index in [0.29, 0.717) is 0 Å². The SMILES string of the molecule is B[C@@H]1O[C@@](F)(COC(C)C)C(OC(C)C)[C@@H]1C. The Labute approximate surface area is 104 Å². The van der Waals surface area contributed by atoms with E-state index in [1.807, 2.05) is 42.5 Å². The molecule has 5 heteroatoms. The maximum Gasteiger partial charge on any atom is 0.259 e. The van der Waals surface area contributed by atoms with E-state index < -0.39 is 12.0 Å². The molecule has 0 aromatic heterocycles.